The summed E-state index contributed by atoms with van der Waals surface area (Å²) < 4.78 is 16.1. The third-order valence-electron chi connectivity index (χ3n) is 9.80. The van der Waals surface area contributed by atoms with Gasteiger partial charge in [0.15, 0.2) is 5.58 Å². The number of hydrogen-bond acceptors (Lipinski definition) is 2. The predicted octanol–water partition coefficient (Wildman–Crippen LogP) is 15.0. The summed E-state index contributed by atoms with van der Waals surface area (Å²) in [5.41, 5.74) is 11.2. The van der Waals surface area contributed by atoms with Crippen LogP contribution in [-0.2, 0) is 0 Å². The Morgan fingerprint density at radius 1 is 0.604 bits per heavy atom. The van der Waals surface area contributed by atoms with Crippen molar-refractivity contribution in [1.29, 1.82) is 0 Å². The van der Waals surface area contributed by atoms with E-state index < -0.39 is 0 Å². The molecule has 258 valence electrons. The Hall–Kier alpha value is -6.58. The molecule has 0 atom stereocenters. The van der Waals surface area contributed by atoms with E-state index >= 15 is 0 Å². The Morgan fingerprint density at radius 2 is 1.25 bits per heavy atom. The van der Waals surface area contributed by atoms with E-state index in [9.17, 15) is 0 Å². The lowest BCUT2D eigenvalue weighted by Crippen LogP contribution is -1.94. The van der Waals surface area contributed by atoms with Crippen LogP contribution >= 0.6 is 0 Å². The van der Waals surface area contributed by atoms with Crippen LogP contribution in [0.15, 0.2) is 179 Å². The minimum absolute atomic E-state index is 0.855. The molecule has 0 aliphatic carbocycles. The third kappa shape index (κ3) is 5.62. The molecule has 0 aliphatic heterocycles. The molecule has 0 radical (unpaired) electrons. The molecule has 0 N–H and O–H groups in total. The lowest BCUT2D eigenvalue weighted by molar-refractivity contribution is 0.662. The van der Waals surface area contributed by atoms with Gasteiger partial charge < -0.3 is 13.4 Å². The van der Waals surface area contributed by atoms with Gasteiger partial charge in [-0.15, -0.1) is 0 Å². The van der Waals surface area contributed by atoms with E-state index in [1.165, 1.54) is 21.5 Å². The van der Waals surface area contributed by atoms with Crippen molar-refractivity contribution in [3.05, 3.63) is 176 Å². The normalized spacial score (nSPS) is 11.5. The van der Waals surface area contributed by atoms with Crippen molar-refractivity contribution in [2.24, 2.45) is 0 Å². The molecule has 0 unspecified atom stereocenters. The Balaban J connectivity index is 0.000000403. The molecule has 3 heterocycles. The Labute approximate surface area is 309 Å². The van der Waals surface area contributed by atoms with Crippen LogP contribution < -0.4 is 0 Å². The van der Waals surface area contributed by atoms with Crippen molar-refractivity contribution in [3.63, 3.8) is 0 Å². The van der Waals surface area contributed by atoms with Crippen LogP contribution in [0.1, 0.15) is 26.3 Å². The zero-order valence-electron chi connectivity index (χ0n) is 30.6. The molecule has 10 rings (SSSR count). The summed E-state index contributed by atoms with van der Waals surface area (Å²) in [6.07, 6.45) is 5.50. The first-order valence-electron chi connectivity index (χ1n) is 18.2. The molecule has 0 fully saturated rings. The number of aryl methyl sites for hydroxylation is 1. The van der Waals surface area contributed by atoms with Gasteiger partial charge in [-0.2, -0.15) is 0 Å². The molecule has 0 aliphatic rings. The zero-order valence-corrected chi connectivity index (χ0v) is 30.6. The van der Waals surface area contributed by atoms with Crippen LogP contribution in [0, 0.1) is 6.92 Å². The number of para-hydroxylation sites is 4. The molecule has 0 saturated carbocycles. The number of aromatic nitrogens is 1. The number of hydrogen-bond donors (Lipinski definition) is 0. The molecule has 0 spiro atoms. The fourth-order valence-corrected chi connectivity index (χ4v) is 7.55. The summed E-state index contributed by atoms with van der Waals surface area (Å²) in [5, 5.41) is 9.18. The van der Waals surface area contributed by atoms with E-state index in [0.29, 0.717) is 0 Å². The van der Waals surface area contributed by atoms with Crippen LogP contribution in [-0.4, -0.2) is 4.57 Å². The van der Waals surface area contributed by atoms with Gasteiger partial charge in [0.05, 0.1) is 16.7 Å². The van der Waals surface area contributed by atoms with E-state index in [4.69, 9.17) is 8.83 Å². The number of benzene rings is 7. The lowest BCUT2D eigenvalue weighted by Gasteiger charge is -2.09. The number of rotatable bonds is 4. The predicted molar refractivity (Wildman–Crippen MR) is 229 cm³/mol. The van der Waals surface area contributed by atoms with Gasteiger partial charge in [0, 0.05) is 37.9 Å². The largest absolute Gasteiger partial charge is 0.455 e. The van der Waals surface area contributed by atoms with E-state index in [1.54, 1.807) is 6.08 Å². The standard InChI is InChI=1S/C41H25NO2.C7H10.C2H6/c1-24-10-8-15-30-32-23-36-38(37(41(32)44-39(24)30)27-21-20-25-11-2-3-12-26(25)22-27)31-16-9-19-35(40(31)43-36)42-33-17-6-4-13-28(33)29-14-5-7-18-34(29)42;1-4-5-6-7(2)3;1-2/h2-23H,1H3;4-6H,1-2H2,3H3;1-2H3/b;6-5-;. The smallest absolute Gasteiger partial charge is 0.159 e. The maximum atomic E-state index is 6.95. The molecule has 10 aromatic rings. The second-order valence-corrected chi connectivity index (χ2v) is 13.2. The highest BCUT2D eigenvalue weighted by atomic mass is 16.3. The van der Waals surface area contributed by atoms with Gasteiger partial charge in [-0.1, -0.05) is 154 Å². The lowest BCUT2D eigenvalue weighted by atomic mass is 9.94. The minimum atomic E-state index is 0.855. The van der Waals surface area contributed by atoms with Crippen molar-refractivity contribution < 1.29 is 8.83 Å². The van der Waals surface area contributed by atoms with Crippen LogP contribution in [0.5, 0.6) is 0 Å². The molecule has 3 aromatic heterocycles. The maximum absolute atomic E-state index is 6.95. The van der Waals surface area contributed by atoms with E-state index in [0.717, 1.165) is 82.9 Å². The average molecular weight is 688 g/mol. The molecule has 0 saturated heterocycles. The first-order chi connectivity index (χ1) is 26.0. The van der Waals surface area contributed by atoms with Crippen LogP contribution in [0.3, 0.4) is 0 Å². The second kappa shape index (κ2) is 13.9. The van der Waals surface area contributed by atoms with Gasteiger partial charge in [-0.25, -0.2) is 0 Å². The van der Waals surface area contributed by atoms with Crippen molar-refractivity contribution >= 4 is 76.5 Å². The highest BCUT2D eigenvalue weighted by molar-refractivity contribution is 6.25. The van der Waals surface area contributed by atoms with Gasteiger partial charge >= 0.3 is 0 Å². The van der Waals surface area contributed by atoms with Crippen LogP contribution in [0.4, 0.5) is 0 Å². The quantitative estimate of drug-likeness (QED) is 0.172. The number of furan rings is 2. The number of nitrogens with zero attached hydrogens (tertiary/aromatic N) is 1. The topological polar surface area (TPSA) is 31.2 Å². The monoisotopic (exact) mass is 687 g/mol. The maximum Gasteiger partial charge on any atom is 0.159 e. The molecular formula is C50H41NO2. The zero-order chi connectivity index (χ0) is 36.6. The number of allylic oxidation sites excluding steroid dienone is 4. The van der Waals surface area contributed by atoms with Gasteiger partial charge in [-0.05, 0) is 66.1 Å². The SMILES string of the molecule is C=C/C=C\C(=C)C.CC.Cc1cccc2c1oc1c(-c3ccc4ccccc4c3)c3c(cc12)oc1c(-n2c4ccccc4c4ccccc42)cccc13. The van der Waals surface area contributed by atoms with E-state index in [-0.39, 0.29) is 0 Å². The summed E-state index contributed by atoms with van der Waals surface area (Å²) in [4.78, 5) is 0. The highest BCUT2D eigenvalue weighted by Gasteiger charge is 2.24. The Kier molecular flexibility index (Phi) is 8.77. The van der Waals surface area contributed by atoms with Crippen LogP contribution in [0.25, 0.3) is 93.3 Å². The van der Waals surface area contributed by atoms with Gasteiger partial charge in [0.2, 0.25) is 0 Å². The Bertz CT molecular complexity index is 2980. The molecule has 3 nitrogen and oxygen atoms in total. The minimum Gasteiger partial charge on any atom is -0.455 e. The highest BCUT2D eigenvalue weighted by Crippen LogP contribution is 2.47. The first kappa shape index (κ1) is 33.6. The van der Waals surface area contributed by atoms with Crippen molar-refractivity contribution in [1.82, 2.24) is 4.57 Å². The summed E-state index contributed by atoms with van der Waals surface area (Å²) in [5.74, 6) is 0. The van der Waals surface area contributed by atoms with Crippen molar-refractivity contribution in [3.8, 4) is 16.8 Å². The molecule has 0 amide bonds. The average Bonchev–Trinajstić information content (AvgIpc) is 3.87. The fourth-order valence-electron chi connectivity index (χ4n) is 7.55. The second-order valence-electron chi connectivity index (χ2n) is 13.2. The van der Waals surface area contributed by atoms with Gasteiger partial charge in [0.1, 0.15) is 16.7 Å². The van der Waals surface area contributed by atoms with Crippen molar-refractivity contribution in [2.75, 3.05) is 0 Å². The van der Waals surface area contributed by atoms with Gasteiger partial charge in [-0.3, -0.25) is 0 Å². The van der Waals surface area contributed by atoms with Crippen molar-refractivity contribution in [2.45, 2.75) is 27.7 Å². The third-order valence-corrected chi connectivity index (χ3v) is 9.80. The molecule has 3 heteroatoms. The molecular weight excluding hydrogens is 647 g/mol. The summed E-state index contributed by atoms with van der Waals surface area (Å²) in [6, 6.07) is 47.5. The molecule has 53 heavy (non-hydrogen) atoms. The fraction of sp³-hybridized carbons (Fsp3) is 0.0800. The van der Waals surface area contributed by atoms with Gasteiger partial charge in [0.25, 0.3) is 0 Å². The van der Waals surface area contributed by atoms with E-state index in [1.807, 2.05) is 32.9 Å². The summed E-state index contributed by atoms with van der Waals surface area (Å²) in [6.45, 7) is 15.2. The molecule has 0 bridgehead atoms. The van der Waals surface area contributed by atoms with E-state index in [2.05, 4.69) is 158 Å². The Morgan fingerprint density at radius 3 is 1.94 bits per heavy atom. The number of fused-ring (bicyclic) bond motifs is 10. The first-order valence-corrected chi connectivity index (χ1v) is 18.2. The summed E-state index contributed by atoms with van der Waals surface area (Å²) >= 11 is 0. The van der Waals surface area contributed by atoms with Crippen LogP contribution in [0.2, 0.25) is 0 Å². The molecule has 7 aromatic carbocycles. The summed E-state index contributed by atoms with van der Waals surface area (Å²) in [7, 11) is 0.